The van der Waals surface area contributed by atoms with Gasteiger partial charge in [-0.1, -0.05) is 12.1 Å². The molecule has 33 heavy (non-hydrogen) atoms. The Hall–Kier alpha value is -1.95. The van der Waals surface area contributed by atoms with E-state index >= 15 is 0 Å². The maximum atomic E-state index is 13.5. The molecule has 2 aromatic rings. The van der Waals surface area contributed by atoms with Crippen molar-refractivity contribution in [2.45, 2.75) is 61.6 Å². The van der Waals surface area contributed by atoms with Crippen molar-refractivity contribution < 1.29 is 35.8 Å². The van der Waals surface area contributed by atoms with E-state index in [-0.39, 0.29) is 50.0 Å². The van der Waals surface area contributed by atoms with E-state index in [1.807, 2.05) is 13.0 Å². The molecule has 11 heteroatoms. The lowest BCUT2D eigenvalue weighted by Gasteiger charge is -2.37. The Morgan fingerprint density at radius 1 is 1.30 bits per heavy atom. The lowest BCUT2D eigenvalue weighted by molar-refractivity contribution is -0.141. The van der Waals surface area contributed by atoms with Gasteiger partial charge in [0, 0.05) is 20.3 Å². The van der Waals surface area contributed by atoms with Crippen molar-refractivity contribution >= 4 is 9.84 Å². The molecule has 3 rings (SSSR count). The monoisotopic (exact) mass is 490 g/mol. The van der Waals surface area contributed by atoms with E-state index in [0.29, 0.717) is 6.42 Å². The third kappa shape index (κ3) is 5.76. The number of nitrogens with zero attached hydrogens (tertiary/aromatic N) is 2. The van der Waals surface area contributed by atoms with Gasteiger partial charge < -0.3 is 14.2 Å². The van der Waals surface area contributed by atoms with Crippen LogP contribution in [0, 0.1) is 6.92 Å². The number of methoxy groups -OCH3 is 1. The van der Waals surface area contributed by atoms with Crippen LogP contribution in [0.5, 0.6) is 0 Å². The first-order valence-corrected chi connectivity index (χ1v) is 12.1. The quantitative estimate of drug-likeness (QED) is 0.385. The Bertz CT molecular complexity index is 1050. The predicted molar refractivity (Wildman–Crippen MR) is 114 cm³/mol. The van der Waals surface area contributed by atoms with E-state index in [2.05, 4.69) is 5.10 Å². The molecule has 1 fully saturated rings. The van der Waals surface area contributed by atoms with Crippen LogP contribution >= 0.6 is 0 Å². The molecule has 0 aliphatic carbocycles. The Labute approximate surface area is 191 Å². The highest BCUT2D eigenvalue weighted by molar-refractivity contribution is 7.92. The van der Waals surface area contributed by atoms with Gasteiger partial charge >= 0.3 is 6.18 Å². The summed E-state index contributed by atoms with van der Waals surface area (Å²) in [6, 6.07) is 7.59. The van der Waals surface area contributed by atoms with Crippen LogP contribution in [0.25, 0.3) is 0 Å². The zero-order valence-electron chi connectivity index (χ0n) is 18.9. The number of hydrogen-bond acceptors (Lipinski definition) is 6. The van der Waals surface area contributed by atoms with Gasteiger partial charge in [-0.25, -0.2) is 8.42 Å². The van der Waals surface area contributed by atoms with Gasteiger partial charge in [-0.2, -0.15) is 18.3 Å². The molecule has 1 saturated heterocycles. The van der Waals surface area contributed by atoms with Crippen molar-refractivity contribution in [2.75, 3.05) is 27.1 Å². The van der Waals surface area contributed by atoms with Crippen LogP contribution in [0.3, 0.4) is 0 Å². The molecular formula is C22H29F3N2O5S. The standard InChI is InChI=1S/C22H29F3N2O5S/c1-16-6-4-7-17(12-16)33(28,29)21(2)8-11-32-19(14-21)18-13-20(22(23,24)25)26-27(18)9-5-10-31-15-30-3/h4,6-7,12-13,19H,5,8-11,14-15H2,1-3H3. The molecule has 2 atom stereocenters. The lowest BCUT2D eigenvalue weighted by Crippen LogP contribution is -2.42. The van der Waals surface area contributed by atoms with E-state index < -0.39 is 32.6 Å². The fourth-order valence-corrected chi connectivity index (χ4v) is 5.83. The van der Waals surface area contributed by atoms with Gasteiger partial charge in [0.25, 0.3) is 0 Å². The lowest BCUT2D eigenvalue weighted by atomic mass is 9.94. The van der Waals surface area contributed by atoms with Gasteiger partial charge in [-0.05, 0) is 56.9 Å². The second-order valence-corrected chi connectivity index (χ2v) is 10.9. The highest BCUT2D eigenvalue weighted by atomic mass is 32.2. The summed E-state index contributed by atoms with van der Waals surface area (Å²) in [5.74, 6) is 0. The smallest absolute Gasteiger partial charge is 0.372 e. The first kappa shape index (κ1) is 25.7. The van der Waals surface area contributed by atoms with Crippen molar-refractivity contribution in [1.82, 2.24) is 9.78 Å². The largest absolute Gasteiger partial charge is 0.435 e. The molecule has 184 valence electrons. The van der Waals surface area contributed by atoms with Gasteiger partial charge in [-0.15, -0.1) is 0 Å². The number of sulfone groups is 1. The number of halogens is 3. The van der Waals surface area contributed by atoms with Gasteiger partial charge in [0.15, 0.2) is 15.5 Å². The van der Waals surface area contributed by atoms with Gasteiger partial charge in [0.05, 0.1) is 21.9 Å². The number of alkyl halides is 3. The summed E-state index contributed by atoms with van der Waals surface area (Å²) in [5.41, 5.74) is -0.0148. The highest BCUT2D eigenvalue weighted by Crippen LogP contribution is 2.43. The molecule has 2 heterocycles. The Morgan fingerprint density at radius 2 is 2.06 bits per heavy atom. The average Bonchev–Trinajstić information content (AvgIpc) is 3.18. The maximum Gasteiger partial charge on any atom is 0.435 e. The zero-order valence-corrected chi connectivity index (χ0v) is 19.7. The average molecular weight is 491 g/mol. The molecule has 0 spiro atoms. The Balaban J connectivity index is 1.88. The topological polar surface area (TPSA) is 79.7 Å². The number of ether oxygens (including phenoxy) is 3. The Kier molecular flexibility index (Phi) is 7.87. The van der Waals surface area contributed by atoms with Crippen LogP contribution in [0.4, 0.5) is 13.2 Å². The second-order valence-electron chi connectivity index (χ2n) is 8.43. The minimum absolute atomic E-state index is 0.0203. The van der Waals surface area contributed by atoms with Crippen LogP contribution < -0.4 is 0 Å². The van der Waals surface area contributed by atoms with Gasteiger partial charge in [0.1, 0.15) is 12.9 Å². The number of rotatable bonds is 9. The molecule has 7 nitrogen and oxygen atoms in total. The first-order valence-electron chi connectivity index (χ1n) is 10.6. The molecule has 1 aromatic heterocycles. The van der Waals surface area contributed by atoms with Crippen molar-refractivity contribution in [2.24, 2.45) is 0 Å². The summed E-state index contributed by atoms with van der Waals surface area (Å²) in [6.45, 7) is 4.07. The van der Waals surface area contributed by atoms with E-state index in [0.717, 1.165) is 11.6 Å². The van der Waals surface area contributed by atoms with Crippen LogP contribution in [-0.4, -0.2) is 50.1 Å². The highest BCUT2D eigenvalue weighted by Gasteiger charge is 2.46. The number of benzene rings is 1. The van der Waals surface area contributed by atoms with Crippen LogP contribution in [0.2, 0.25) is 0 Å². The summed E-state index contributed by atoms with van der Waals surface area (Å²) in [4.78, 5) is 0.199. The Morgan fingerprint density at radius 3 is 2.73 bits per heavy atom. The second kappa shape index (κ2) is 10.1. The first-order chi connectivity index (χ1) is 15.5. The SMILES string of the molecule is COCOCCCn1nc(C(F)(F)F)cc1C1CC(C)(S(=O)(=O)c2cccc(C)c2)CCO1. The van der Waals surface area contributed by atoms with E-state index in [4.69, 9.17) is 14.2 Å². The number of aryl methyl sites for hydroxylation is 2. The molecule has 0 N–H and O–H groups in total. The van der Waals surface area contributed by atoms with Crippen LogP contribution in [0.1, 0.15) is 49.2 Å². The van der Waals surface area contributed by atoms with Gasteiger partial charge in [0.2, 0.25) is 0 Å². The maximum absolute atomic E-state index is 13.5. The van der Waals surface area contributed by atoms with Gasteiger partial charge in [-0.3, -0.25) is 4.68 Å². The minimum Gasteiger partial charge on any atom is -0.372 e. The predicted octanol–water partition coefficient (Wildman–Crippen LogP) is 4.31. The van der Waals surface area contributed by atoms with E-state index in [1.165, 1.54) is 11.8 Å². The normalized spacial score (nSPS) is 21.9. The summed E-state index contributed by atoms with van der Waals surface area (Å²) in [7, 11) is -2.28. The van der Waals surface area contributed by atoms with Crippen molar-refractivity contribution in [3.8, 4) is 0 Å². The molecule has 0 bridgehead atoms. The van der Waals surface area contributed by atoms with Crippen molar-refractivity contribution in [3.63, 3.8) is 0 Å². The van der Waals surface area contributed by atoms with E-state index in [9.17, 15) is 21.6 Å². The molecule has 1 aliphatic rings. The molecule has 1 aliphatic heterocycles. The van der Waals surface area contributed by atoms with Crippen LogP contribution in [-0.2, 0) is 36.8 Å². The summed E-state index contributed by atoms with van der Waals surface area (Å²) >= 11 is 0. The molecule has 2 unspecified atom stereocenters. The van der Waals surface area contributed by atoms with Crippen LogP contribution in [0.15, 0.2) is 35.2 Å². The summed E-state index contributed by atoms with van der Waals surface area (Å²) in [5, 5.41) is 3.73. The van der Waals surface area contributed by atoms with E-state index in [1.54, 1.807) is 25.1 Å². The molecule has 0 amide bonds. The summed E-state index contributed by atoms with van der Waals surface area (Å²) in [6.07, 6.45) is -4.80. The fourth-order valence-electron chi connectivity index (χ4n) is 3.94. The number of aromatic nitrogens is 2. The molecular weight excluding hydrogens is 461 g/mol. The van der Waals surface area contributed by atoms with Crippen molar-refractivity contribution in [3.05, 3.63) is 47.3 Å². The van der Waals surface area contributed by atoms with Crippen molar-refractivity contribution in [1.29, 1.82) is 0 Å². The summed E-state index contributed by atoms with van der Waals surface area (Å²) < 4.78 is 82.9. The number of hydrogen-bond donors (Lipinski definition) is 0. The molecule has 1 aromatic carbocycles. The third-order valence-electron chi connectivity index (χ3n) is 5.81. The zero-order chi connectivity index (χ0) is 24.3. The fraction of sp³-hybridized carbons (Fsp3) is 0.591. The molecule has 0 saturated carbocycles. The molecule has 0 radical (unpaired) electrons. The third-order valence-corrected chi connectivity index (χ3v) is 8.35. The minimum atomic E-state index is -4.63.